The highest BCUT2D eigenvalue weighted by atomic mass is 35.5. The number of aliphatic carboxylic acids is 1. The number of benzene rings is 1. The van der Waals surface area contributed by atoms with E-state index in [2.05, 4.69) is 5.32 Å². The van der Waals surface area contributed by atoms with Gasteiger partial charge < -0.3 is 15.3 Å². The lowest BCUT2D eigenvalue weighted by atomic mass is 9.76. The van der Waals surface area contributed by atoms with E-state index in [4.69, 9.17) is 28.3 Å². The Hall–Kier alpha value is -1.46. The zero-order chi connectivity index (χ0) is 17.1. The van der Waals surface area contributed by atoms with Gasteiger partial charge >= 0.3 is 12.0 Å². The van der Waals surface area contributed by atoms with Crippen molar-refractivity contribution in [3.8, 4) is 0 Å². The van der Waals surface area contributed by atoms with Crippen molar-refractivity contribution in [3.05, 3.63) is 33.8 Å². The topological polar surface area (TPSA) is 69.6 Å². The molecule has 0 heterocycles. The Labute approximate surface area is 145 Å². The number of carbonyl (C=O) groups excluding carboxylic acids is 1. The third kappa shape index (κ3) is 4.52. The summed E-state index contributed by atoms with van der Waals surface area (Å²) < 4.78 is 0. The first-order valence-electron chi connectivity index (χ1n) is 7.47. The monoisotopic (exact) mass is 358 g/mol. The molecule has 0 saturated heterocycles. The Morgan fingerprint density at radius 3 is 2.57 bits per heavy atom. The fourth-order valence-corrected chi connectivity index (χ4v) is 2.94. The van der Waals surface area contributed by atoms with Crippen LogP contribution < -0.4 is 5.32 Å². The Morgan fingerprint density at radius 1 is 1.35 bits per heavy atom. The molecule has 0 spiro atoms. The third-order valence-corrected chi connectivity index (χ3v) is 4.94. The van der Waals surface area contributed by atoms with Crippen molar-refractivity contribution in [2.45, 2.75) is 31.7 Å². The summed E-state index contributed by atoms with van der Waals surface area (Å²) in [5.74, 6) is -1.14. The van der Waals surface area contributed by atoms with Crippen molar-refractivity contribution in [2.75, 3.05) is 13.6 Å². The minimum atomic E-state index is -0.909. The Morgan fingerprint density at radius 2 is 2.00 bits per heavy atom. The van der Waals surface area contributed by atoms with Gasteiger partial charge in [0.05, 0.1) is 16.0 Å². The first kappa shape index (κ1) is 17.9. The maximum atomic E-state index is 12.0. The molecule has 1 aromatic carbocycles. The van der Waals surface area contributed by atoms with E-state index in [0.717, 1.165) is 18.4 Å². The summed E-state index contributed by atoms with van der Waals surface area (Å²) >= 11 is 11.9. The quantitative estimate of drug-likeness (QED) is 0.844. The molecule has 2 N–H and O–H groups in total. The first-order valence-corrected chi connectivity index (χ1v) is 8.23. The Kier molecular flexibility index (Phi) is 5.76. The molecule has 0 radical (unpaired) electrons. The minimum absolute atomic E-state index is 0.101. The lowest BCUT2D eigenvalue weighted by molar-refractivity contribution is -0.141. The van der Waals surface area contributed by atoms with Crippen LogP contribution in [-0.2, 0) is 4.79 Å². The maximum absolute atomic E-state index is 12.0. The Bertz CT molecular complexity index is 603. The molecule has 1 saturated carbocycles. The number of halogens is 2. The SMILES string of the molecule is CC(CN(C)C(=O)NC1CC(c2ccc(Cl)c(Cl)c2)C1)C(=O)O. The molecule has 1 unspecified atom stereocenters. The lowest BCUT2D eigenvalue weighted by Crippen LogP contribution is -2.49. The minimum Gasteiger partial charge on any atom is -0.481 e. The molecule has 0 aromatic heterocycles. The molecular formula is C16H20Cl2N2O3. The van der Waals surface area contributed by atoms with Gasteiger partial charge in [-0.05, 0) is 36.5 Å². The number of rotatable bonds is 5. The average molecular weight is 359 g/mol. The number of hydrogen-bond acceptors (Lipinski definition) is 2. The highest BCUT2D eigenvalue weighted by Gasteiger charge is 2.32. The molecule has 0 bridgehead atoms. The largest absolute Gasteiger partial charge is 0.481 e. The number of carbonyl (C=O) groups is 2. The summed E-state index contributed by atoms with van der Waals surface area (Å²) in [7, 11) is 1.60. The third-order valence-electron chi connectivity index (χ3n) is 4.20. The number of carboxylic acids is 1. The van der Waals surface area contributed by atoms with Crippen molar-refractivity contribution >= 4 is 35.2 Å². The number of carboxylic acid groups (broad SMARTS) is 1. The van der Waals surface area contributed by atoms with E-state index < -0.39 is 11.9 Å². The van der Waals surface area contributed by atoms with Gasteiger partial charge in [0, 0.05) is 19.6 Å². The van der Waals surface area contributed by atoms with Gasteiger partial charge in [0.2, 0.25) is 0 Å². The van der Waals surface area contributed by atoms with Gasteiger partial charge in [-0.3, -0.25) is 4.79 Å². The molecule has 5 nitrogen and oxygen atoms in total. The van der Waals surface area contributed by atoms with Gasteiger partial charge in [-0.15, -0.1) is 0 Å². The molecular weight excluding hydrogens is 339 g/mol. The fourth-order valence-electron chi connectivity index (χ4n) is 2.63. The number of nitrogens with one attached hydrogen (secondary N) is 1. The second-order valence-corrected chi connectivity index (χ2v) is 6.92. The van der Waals surface area contributed by atoms with Crippen molar-refractivity contribution in [1.29, 1.82) is 0 Å². The van der Waals surface area contributed by atoms with Crippen LogP contribution in [0.25, 0.3) is 0 Å². The highest BCUT2D eigenvalue weighted by Crippen LogP contribution is 2.38. The van der Waals surface area contributed by atoms with E-state index in [1.54, 1.807) is 20.0 Å². The standard InChI is InChI=1S/C16H20Cl2N2O3/c1-9(15(21)22)8-20(2)16(23)19-12-5-11(6-12)10-3-4-13(17)14(18)7-10/h3-4,7,9,11-12H,5-6,8H2,1-2H3,(H,19,23)(H,21,22). The molecule has 1 atom stereocenters. The van der Waals surface area contributed by atoms with Gasteiger partial charge in [0.1, 0.15) is 0 Å². The van der Waals surface area contributed by atoms with Crippen LogP contribution >= 0.6 is 23.2 Å². The molecule has 1 aromatic rings. The molecule has 1 fully saturated rings. The van der Waals surface area contributed by atoms with Crippen LogP contribution in [0.4, 0.5) is 4.79 Å². The number of urea groups is 1. The normalized spacial score (nSPS) is 21.2. The smallest absolute Gasteiger partial charge is 0.317 e. The van der Waals surface area contributed by atoms with Crippen LogP contribution in [0.2, 0.25) is 10.0 Å². The van der Waals surface area contributed by atoms with Gasteiger partial charge in [-0.25, -0.2) is 4.79 Å². The molecule has 0 aliphatic heterocycles. The number of hydrogen-bond donors (Lipinski definition) is 2. The van der Waals surface area contributed by atoms with E-state index in [0.29, 0.717) is 16.0 Å². The van der Waals surface area contributed by atoms with Crippen LogP contribution in [0, 0.1) is 5.92 Å². The van der Waals surface area contributed by atoms with Crippen LogP contribution in [0.15, 0.2) is 18.2 Å². The van der Waals surface area contributed by atoms with Crippen molar-refractivity contribution in [2.24, 2.45) is 5.92 Å². The van der Waals surface area contributed by atoms with Gasteiger partial charge in [0.15, 0.2) is 0 Å². The predicted molar refractivity (Wildman–Crippen MR) is 90.2 cm³/mol. The first-order chi connectivity index (χ1) is 10.8. The second-order valence-electron chi connectivity index (χ2n) is 6.11. The van der Waals surface area contributed by atoms with E-state index in [-0.39, 0.29) is 18.6 Å². The van der Waals surface area contributed by atoms with Gasteiger partial charge in [-0.1, -0.05) is 36.2 Å². The van der Waals surface area contributed by atoms with E-state index >= 15 is 0 Å². The molecule has 1 aliphatic carbocycles. The van der Waals surface area contributed by atoms with Crippen molar-refractivity contribution < 1.29 is 14.7 Å². The second kappa shape index (κ2) is 7.41. The zero-order valence-electron chi connectivity index (χ0n) is 13.1. The summed E-state index contributed by atoms with van der Waals surface area (Å²) in [6, 6.07) is 5.47. The summed E-state index contributed by atoms with van der Waals surface area (Å²) in [6.07, 6.45) is 1.68. The average Bonchev–Trinajstić information content (AvgIpc) is 2.45. The molecule has 7 heteroatoms. The number of nitrogens with zero attached hydrogens (tertiary/aromatic N) is 1. The van der Waals surface area contributed by atoms with Crippen LogP contribution in [-0.4, -0.2) is 41.6 Å². The molecule has 1 aliphatic rings. The van der Waals surface area contributed by atoms with Gasteiger partial charge in [0.25, 0.3) is 0 Å². The maximum Gasteiger partial charge on any atom is 0.317 e. The van der Waals surface area contributed by atoms with Crippen molar-refractivity contribution in [3.63, 3.8) is 0 Å². The summed E-state index contributed by atoms with van der Waals surface area (Å²) in [5, 5.41) is 12.9. The summed E-state index contributed by atoms with van der Waals surface area (Å²) in [6.45, 7) is 1.76. The van der Waals surface area contributed by atoms with E-state index in [1.165, 1.54) is 4.90 Å². The van der Waals surface area contributed by atoms with Gasteiger partial charge in [-0.2, -0.15) is 0 Å². The van der Waals surface area contributed by atoms with Crippen LogP contribution in [0.3, 0.4) is 0 Å². The fraction of sp³-hybridized carbons (Fsp3) is 0.500. The summed E-state index contributed by atoms with van der Waals surface area (Å²) in [5.41, 5.74) is 1.12. The Balaban J connectivity index is 1.80. The van der Waals surface area contributed by atoms with Crippen molar-refractivity contribution in [1.82, 2.24) is 10.2 Å². The van der Waals surface area contributed by atoms with Crippen LogP contribution in [0.1, 0.15) is 31.2 Å². The zero-order valence-corrected chi connectivity index (χ0v) is 14.6. The number of amides is 2. The molecule has 126 valence electrons. The molecule has 2 rings (SSSR count). The van der Waals surface area contributed by atoms with Crippen LogP contribution in [0.5, 0.6) is 0 Å². The van der Waals surface area contributed by atoms with E-state index in [9.17, 15) is 9.59 Å². The lowest BCUT2D eigenvalue weighted by Gasteiger charge is -2.37. The highest BCUT2D eigenvalue weighted by molar-refractivity contribution is 6.42. The van der Waals surface area contributed by atoms with E-state index in [1.807, 2.05) is 12.1 Å². The molecule has 23 heavy (non-hydrogen) atoms. The summed E-state index contributed by atoms with van der Waals surface area (Å²) in [4.78, 5) is 24.3. The predicted octanol–water partition coefficient (Wildman–Crippen LogP) is 3.60. The molecule has 2 amide bonds.